The highest BCUT2D eigenvalue weighted by molar-refractivity contribution is 5.71. The molecular weight excluding hydrogens is 781 g/mol. The van der Waals surface area contributed by atoms with E-state index in [1.54, 1.807) is 0 Å². The van der Waals surface area contributed by atoms with Gasteiger partial charge in [0.05, 0.1) is 0 Å². The highest BCUT2D eigenvalue weighted by Gasteiger charge is 2.19. The summed E-state index contributed by atoms with van der Waals surface area (Å²) in [5.74, 6) is -0.981. The standard InChI is InChI=1S/C57H100O6/c1-4-7-10-13-16-19-22-24-25-26-27-28-29-30-31-33-35-38-41-44-47-50-56(59)62-53-54(52-61-55(58)49-46-43-40-37-34-21-18-15-12-9-6-3)63-57(60)51-48-45-42-39-36-32-23-20-17-14-11-8-5-2/h8,11,17,20,26-27,32,36,42,45,54H,4-7,9-10,12-16,18-19,21-25,28-31,33-35,37-41,43-44,46-53H2,1-3H3/b11-8-,20-17-,27-26-,36-32-,45-42-. The lowest BCUT2D eigenvalue weighted by Crippen LogP contribution is -2.30. The predicted molar refractivity (Wildman–Crippen MR) is 270 cm³/mol. The van der Waals surface area contributed by atoms with Crippen molar-refractivity contribution in [2.75, 3.05) is 13.2 Å². The molecule has 0 fully saturated rings. The SMILES string of the molecule is CC/C=C\C/C=C\C/C=C\C/C=C\CCC(=O)OC(COC(=O)CCCCCCCCCCC/C=C\CCCCCCCCCC)COC(=O)CCCCCCCCCCCCC. The number of carbonyl (C=O) groups excluding carboxylic acids is 3. The van der Waals surface area contributed by atoms with Crippen molar-refractivity contribution in [1.82, 2.24) is 0 Å². The third kappa shape index (κ3) is 50.0. The van der Waals surface area contributed by atoms with Crippen molar-refractivity contribution in [3.05, 3.63) is 60.8 Å². The minimum atomic E-state index is -0.809. The van der Waals surface area contributed by atoms with Gasteiger partial charge < -0.3 is 14.2 Å². The average Bonchev–Trinajstić information content (AvgIpc) is 3.28. The molecule has 0 aromatic heterocycles. The molecule has 6 heteroatoms. The Labute approximate surface area is 390 Å². The van der Waals surface area contributed by atoms with Gasteiger partial charge in [0.2, 0.25) is 0 Å². The first-order valence-corrected chi connectivity index (χ1v) is 26.8. The molecule has 0 aromatic rings. The van der Waals surface area contributed by atoms with Crippen molar-refractivity contribution >= 4 is 17.9 Å². The van der Waals surface area contributed by atoms with Crippen LogP contribution in [0.25, 0.3) is 0 Å². The van der Waals surface area contributed by atoms with Crippen LogP contribution in [0.1, 0.15) is 265 Å². The number of unbranched alkanes of at least 4 members (excludes halogenated alkanes) is 27. The molecule has 1 atom stereocenters. The number of ether oxygens (including phenoxy) is 3. The lowest BCUT2D eigenvalue weighted by atomic mass is 10.1. The van der Waals surface area contributed by atoms with E-state index in [0.29, 0.717) is 19.3 Å². The first-order valence-electron chi connectivity index (χ1n) is 26.8. The molecule has 0 saturated carbocycles. The lowest BCUT2D eigenvalue weighted by molar-refractivity contribution is -0.166. The lowest BCUT2D eigenvalue weighted by Gasteiger charge is -2.18. The summed E-state index contributed by atoms with van der Waals surface area (Å²) < 4.78 is 16.7. The van der Waals surface area contributed by atoms with Gasteiger partial charge in [-0.15, -0.1) is 0 Å². The second-order valence-electron chi connectivity index (χ2n) is 17.8. The van der Waals surface area contributed by atoms with Crippen molar-refractivity contribution in [1.29, 1.82) is 0 Å². The zero-order chi connectivity index (χ0) is 45.8. The largest absolute Gasteiger partial charge is 0.462 e. The van der Waals surface area contributed by atoms with Crippen molar-refractivity contribution in [2.24, 2.45) is 0 Å². The molecular formula is C57H100O6. The second-order valence-corrected chi connectivity index (χ2v) is 17.8. The van der Waals surface area contributed by atoms with Crippen LogP contribution in [-0.2, 0) is 28.6 Å². The van der Waals surface area contributed by atoms with Crippen molar-refractivity contribution in [2.45, 2.75) is 271 Å². The Hall–Kier alpha value is -2.89. The Balaban J connectivity index is 4.34. The molecule has 0 heterocycles. The average molecular weight is 881 g/mol. The molecule has 0 aliphatic rings. The fraction of sp³-hybridized carbons (Fsp3) is 0.772. The molecule has 0 radical (unpaired) electrons. The van der Waals surface area contributed by atoms with E-state index < -0.39 is 6.10 Å². The molecule has 0 spiro atoms. The minimum absolute atomic E-state index is 0.101. The molecule has 0 saturated heterocycles. The molecule has 364 valence electrons. The Bertz CT molecular complexity index is 1150. The zero-order valence-corrected chi connectivity index (χ0v) is 41.6. The maximum atomic E-state index is 12.7. The Morgan fingerprint density at radius 1 is 0.333 bits per heavy atom. The van der Waals surface area contributed by atoms with Crippen LogP contribution in [0.2, 0.25) is 0 Å². The smallest absolute Gasteiger partial charge is 0.306 e. The van der Waals surface area contributed by atoms with Gasteiger partial charge in [-0.1, -0.05) is 236 Å². The van der Waals surface area contributed by atoms with Crippen molar-refractivity contribution in [3.63, 3.8) is 0 Å². The van der Waals surface area contributed by atoms with Crippen LogP contribution in [0, 0.1) is 0 Å². The Morgan fingerprint density at radius 2 is 0.651 bits per heavy atom. The monoisotopic (exact) mass is 881 g/mol. The quantitative estimate of drug-likeness (QED) is 0.0262. The van der Waals surface area contributed by atoms with Crippen molar-refractivity contribution in [3.8, 4) is 0 Å². The summed E-state index contributed by atoms with van der Waals surface area (Å²) in [7, 11) is 0. The van der Waals surface area contributed by atoms with Gasteiger partial charge in [-0.25, -0.2) is 0 Å². The molecule has 0 amide bonds. The summed E-state index contributed by atoms with van der Waals surface area (Å²) in [5.41, 5.74) is 0. The number of esters is 3. The normalized spacial score (nSPS) is 12.5. The molecule has 6 nitrogen and oxygen atoms in total. The molecule has 0 bridgehead atoms. The van der Waals surface area contributed by atoms with Crippen LogP contribution in [0.4, 0.5) is 0 Å². The summed E-state index contributed by atoms with van der Waals surface area (Å²) in [6.07, 6.45) is 63.7. The number of hydrogen-bond acceptors (Lipinski definition) is 6. The first-order chi connectivity index (χ1) is 31.0. The third-order valence-corrected chi connectivity index (χ3v) is 11.5. The van der Waals surface area contributed by atoms with E-state index >= 15 is 0 Å². The summed E-state index contributed by atoms with van der Waals surface area (Å²) in [6, 6.07) is 0. The summed E-state index contributed by atoms with van der Waals surface area (Å²) in [6.45, 7) is 6.46. The van der Waals surface area contributed by atoms with Crippen LogP contribution in [-0.4, -0.2) is 37.2 Å². The Kier molecular flexibility index (Phi) is 49.4. The number of carbonyl (C=O) groups is 3. The van der Waals surface area contributed by atoms with E-state index in [0.717, 1.165) is 64.2 Å². The minimum Gasteiger partial charge on any atom is -0.462 e. The Morgan fingerprint density at radius 3 is 1.03 bits per heavy atom. The number of allylic oxidation sites excluding steroid dienone is 10. The van der Waals surface area contributed by atoms with Crippen LogP contribution in [0.15, 0.2) is 60.8 Å². The maximum Gasteiger partial charge on any atom is 0.306 e. The van der Waals surface area contributed by atoms with Gasteiger partial charge in [-0.05, 0) is 70.6 Å². The van der Waals surface area contributed by atoms with Crippen LogP contribution in [0.3, 0.4) is 0 Å². The molecule has 1 unspecified atom stereocenters. The van der Waals surface area contributed by atoms with Crippen LogP contribution < -0.4 is 0 Å². The summed E-state index contributed by atoms with van der Waals surface area (Å²) in [4.78, 5) is 37.9. The molecule has 0 aliphatic carbocycles. The molecule has 0 rings (SSSR count). The highest BCUT2D eigenvalue weighted by atomic mass is 16.6. The van der Waals surface area contributed by atoms with E-state index in [1.165, 1.54) is 154 Å². The summed E-state index contributed by atoms with van der Waals surface area (Å²) in [5, 5.41) is 0. The fourth-order valence-electron chi connectivity index (χ4n) is 7.51. The molecule has 0 aromatic carbocycles. The van der Waals surface area contributed by atoms with Crippen molar-refractivity contribution < 1.29 is 28.6 Å². The topological polar surface area (TPSA) is 78.9 Å². The zero-order valence-electron chi connectivity index (χ0n) is 41.6. The van der Waals surface area contributed by atoms with Gasteiger partial charge in [0.25, 0.3) is 0 Å². The van der Waals surface area contributed by atoms with E-state index in [4.69, 9.17) is 14.2 Å². The van der Waals surface area contributed by atoms with Gasteiger partial charge >= 0.3 is 17.9 Å². The maximum absolute atomic E-state index is 12.7. The van der Waals surface area contributed by atoms with E-state index in [2.05, 4.69) is 69.4 Å². The van der Waals surface area contributed by atoms with Crippen LogP contribution in [0.5, 0.6) is 0 Å². The van der Waals surface area contributed by atoms with Gasteiger partial charge in [-0.3, -0.25) is 14.4 Å². The predicted octanol–water partition coefficient (Wildman–Crippen LogP) is 17.6. The highest BCUT2D eigenvalue weighted by Crippen LogP contribution is 2.15. The summed E-state index contributed by atoms with van der Waals surface area (Å²) >= 11 is 0. The number of hydrogen-bond donors (Lipinski definition) is 0. The van der Waals surface area contributed by atoms with Gasteiger partial charge in [0.15, 0.2) is 6.10 Å². The molecule has 63 heavy (non-hydrogen) atoms. The third-order valence-electron chi connectivity index (χ3n) is 11.5. The van der Waals surface area contributed by atoms with Gasteiger partial charge in [-0.2, -0.15) is 0 Å². The first kappa shape index (κ1) is 60.1. The van der Waals surface area contributed by atoms with E-state index in [-0.39, 0.29) is 37.5 Å². The molecule has 0 N–H and O–H groups in total. The van der Waals surface area contributed by atoms with Gasteiger partial charge in [0, 0.05) is 19.3 Å². The van der Waals surface area contributed by atoms with E-state index in [9.17, 15) is 14.4 Å². The fourth-order valence-corrected chi connectivity index (χ4v) is 7.51. The van der Waals surface area contributed by atoms with Crippen LogP contribution >= 0.6 is 0 Å². The van der Waals surface area contributed by atoms with Gasteiger partial charge in [0.1, 0.15) is 13.2 Å². The second kappa shape index (κ2) is 51.7. The molecule has 0 aliphatic heterocycles. The number of rotatable bonds is 48. The van der Waals surface area contributed by atoms with E-state index in [1.807, 2.05) is 12.2 Å².